The second kappa shape index (κ2) is 11.1. The van der Waals surface area contributed by atoms with Crippen LogP contribution in [0.25, 0.3) is 0 Å². The molecule has 2 aliphatic rings. The predicted octanol–water partition coefficient (Wildman–Crippen LogP) is 4.45. The Labute approximate surface area is 203 Å². The molecule has 0 unspecified atom stereocenters. The number of terminal acetylenes is 1. The Bertz CT molecular complexity index is 943. The van der Waals surface area contributed by atoms with Crippen LogP contribution < -0.4 is 0 Å². The molecular formula is C26H29BrO6. The third-order valence-electron chi connectivity index (χ3n) is 5.56. The minimum Gasteiger partial charge on any atom is -0.368 e. The van der Waals surface area contributed by atoms with Gasteiger partial charge in [-0.05, 0) is 31.0 Å². The van der Waals surface area contributed by atoms with Gasteiger partial charge in [-0.25, -0.2) is 0 Å². The summed E-state index contributed by atoms with van der Waals surface area (Å²) in [4.78, 5) is 0. The molecule has 2 aromatic carbocycles. The monoisotopic (exact) mass is 516 g/mol. The number of rotatable bonds is 10. The number of hydrogen-bond acceptors (Lipinski definition) is 6. The second-order valence-electron chi connectivity index (χ2n) is 8.49. The average molecular weight is 517 g/mol. The molecule has 0 spiro atoms. The van der Waals surface area contributed by atoms with Crippen molar-refractivity contribution in [3.05, 3.63) is 70.2 Å². The van der Waals surface area contributed by atoms with Gasteiger partial charge >= 0.3 is 0 Å². The third-order valence-corrected chi connectivity index (χ3v) is 6.33. The van der Waals surface area contributed by atoms with Gasteiger partial charge in [0.25, 0.3) is 0 Å². The van der Waals surface area contributed by atoms with Crippen LogP contribution in [0.1, 0.15) is 25.0 Å². The van der Waals surface area contributed by atoms with Crippen molar-refractivity contribution in [2.75, 3.05) is 13.2 Å². The van der Waals surface area contributed by atoms with Crippen LogP contribution >= 0.6 is 15.9 Å². The Morgan fingerprint density at radius 2 is 1.82 bits per heavy atom. The molecule has 0 N–H and O–H groups in total. The SMILES string of the molecule is C#CCOC[C@@H](OCc1ccccc1)[C@H]1O[C@@H]2OC(C)(C)O[C@@H]2[C@H]1OCc1ccccc1Br. The van der Waals surface area contributed by atoms with E-state index in [0.29, 0.717) is 13.2 Å². The molecule has 5 atom stereocenters. The smallest absolute Gasteiger partial charge is 0.190 e. The fraction of sp³-hybridized carbons (Fsp3) is 0.462. The van der Waals surface area contributed by atoms with Crippen molar-refractivity contribution in [3.63, 3.8) is 0 Å². The molecule has 6 nitrogen and oxygen atoms in total. The summed E-state index contributed by atoms with van der Waals surface area (Å²) >= 11 is 3.59. The van der Waals surface area contributed by atoms with Crippen LogP contribution in [-0.4, -0.2) is 49.7 Å². The Hall–Kier alpha value is -1.76. The molecule has 0 amide bonds. The first-order valence-electron chi connectivity index (χ1n) is 11.0. The van der Waals surface area contributed by atoms with Crippen LogP contribution in [0.4, 0.5) is 0 Å². The molecule has 33 heavy (non-hydrogen) atoms. The largest absolute Gasteiger partial charge is 0.368 e. The Morgan fingerprint density at radius 3 is 2.58 bits per heavy atom. The highest BCUT2D eigenvalue weighted by molar-refractivity contribution is 9.10. The first-order valence-corrected chi connectivity index (χ1v) is 11.8. The summed E-state index contributed by atoms with van der Waals surface area (Å²) in [6.07, 6.45) is 3.13. The number of hydrogen-bond donors (Lipinski definition) is 0. The minimum atomic E-state index is -0.754. The topological polar surface area (TPSA) is 55.4 Å². The highest BCUT2D eigenvalue weighted by Crippen LogP contribution is 2.40. The van der Waals surface area contributed by atoms with E-state index in [1.807, 2.05) is 68.4 Å². The zero-order chi connectivity index (χ0) is 23.3. The minimum absolute atomic E-state index is 0.188. The summed E-state index contributed by atoms with van der Waals surface area (Å²) in [5, 5.41) is 0. The van der Waals surface area contributed by atoms with Crippen molar-refractivity contribution in [1.29, 1.82) is 0 Å². The maximum absolute atomic E-state index is 6.39. The van der Waals surface area contributed by atoms with E-state index >= 15 is 0 Å². The third kappa shape index (κ3) is 6.23. The van der Waals surface area contributed by atoms with Crippen LogP contribution in [-0.2, 0) is 41.6 Å². The number of halogens is 1. The van der Waals surface area contributed by atoms with Crippen LogP contribution in [0.5, 0.6) is 0 Å². The number of benzene rings is 2. The van der Waals surface area contributed by atoms with E-state index < -0.39 is 30.4 Å². The number of fused-ring (bicyclic) bond motifs is 1. The summed E-state index contributed by atoms with van der Waals surface area (Å²) in [5.41, 5.74) is 2.08. The van der Waals surface area contributed by atoms with Gasteiger partial charge in [0.15, 0.2) is 12.1 Å². The molecule has 2 heterocycles. The molecule has 2 aromatic rings. The lowest BCUT2D eigenvalue weighted by atomic mass is 10.1. The predicted molar refractivity (Wildman–Crippen MR) is 126 cm³/mol. The molecule has 2 aliphatic heterocycles. The van der Waals surface area contributed by atoms with E-state index in [2.05, 4.69) is 21.9 Å². The van der Waals surface area contributed by atoms with Gasteiger partial charge in [-0.1, -0.05) is 70.4 Å². The summed E-state index contributed by atoms with van der Waals surface area (Å²) in [6, 6.07) is 17.9. The number of ether oxygens (including phenoxy) is 6. The fourth-order valence-electron chi connectivity index (χ4n) is 4.04. The van der Waals surface area contributed by atoms with E-state index in [1.165, 1.54) is 0 Å². The first-order chi connectivity index (χ1) is 16.0. The summed E-state index contributed by atoms with van der Waals surface area (Å²) in [5.74, 6) is 1.74. The molecule has 0 saturated carbocycles. The highest BCUT2D eigenvalue weighted by atomic mass is 79.9. The van der Waals surface area contributed by atoms with Crippen molar-refractivity contribution in [1.82, 2.24) is 0 Å². The van der Waals surface area contributed by atoms with E-state index in [1.54, 1.807) is 0 Å². The zero-order valence-electron chi connectivity index (χ0n) is 18.8. The molecule has 4 rings (SSSR count). The lowest BCUT2D eigenvalue weighted by molar-refractivity contribution is -0.237. The zero-order valence-corrected chi connectivity index (χ0v) is 20.4. The normalized spacial score (nSPS) is 26.6. The summed E-state index contributed by atoms with van der Waals surface area (Å²) < 4.78 is 37.7. The lowest BCUT2D eigenvalue weighted by Gasteiger charge is -2.31. The van der Waals surface area contributed by atoms with Crippen molar-refractivity contribution < 1.29 is 28.4 Å². The van der Waals surface area contributed by atoms with Gasteiger partial charge in [0, 0.05) is 4.47 Å². The molecule has 176 valence electrons. The van der Waals surface area contributed by atoms with Crippen molar-refractivity contribution in [2.45, 2.75) is 63.6 Å². The lowest BCUT2D eigenvalue weighted by Crippen LogP contribution is -2.45. The second-order valence-corrected chi connectivity index (χ2v) is 9.34. The Kier molecular flexibility index (Phi) is 8.20. The summed E-state index contributed by atoms with van der Waals surface area (Å²) in [7, 11) is 0. The van der Waals surface area contributed by atoms with Crippen LogP contribution in [0.3, 0.4) is 0 Å². The van der Waals surface area contributed by atoms with Crippen molar-refractivity contribution in [3.8, 4) is 12.3 Å². The fourth-order valence-corrected chi connectivity index (χ4v) is 4.44. The molecular weight excluding hydrogens is 488 g/mol. The van der Waals surface area contributed by atoms with Crippen LogP contribution in [0, 0.1) is 12.3 Å². The van der Waals surface area contributed by atoms with Gasteiger partial charge in [-0.3, -0.25) is 0 Å². The Balaban J connectivity index is 1.52. The van der Waals surface area contributed by atoms with Gasteiger partial charge in [0.1, 0.15) is 31.0 Å². The standard InChI is InChI=1S/C26H29BrO6/c1-4-14-28-17-21(29-15-18-10-6-5-7-11-18)22-23(24-25(31-22)33-26(2,3)32-24)30-16-19-12-8-9-13-20(19)27/h1,5-13,21-25H,14-17H2,2-3H3/t21-,22-,23+,24-,25-/m1/s1. The van der Waals surface area contributed by atoms with Gasteiger partial charge in [0.2, 0.25) is 0 Å². The van der Waals surface area contributed by atoms with Gasteiger partial charge in [0.05, 0.1) is 19.8 Å². The maximum atomic E-state index is 6.39. The van der Waals surface area contributed by atoms with E-state index in [9.17, 15) is 0 Å². The molecule has 0 radical (unpaired) electrons. The molecule has 0 bridgehead atoms. The van der Waals surface area contributed by atoms with Crippen molar-refractivity contribution >= 4 is 15.9 Å². The molecule has 2 fully saturated rings. The Morgan fingerprint density at radius 1 is 1.06 bits per heavy atom. The van der Waals surface area contributed by atoms with Crippen LogP contribution in [0.2, 0.25) is 0 Å². The van der Waals surface area contributed by atoms with Gasteiger partial charge in [-0.15, -0.1) is 6.42 Å². The molecule has 7 heteroatoms. The molecule has 0 aromatic heterocycles. The van der Waals surface area contributed by atoms with E-state index in [0.717, 1.165) is 15.6 Å². The van der Waals surface area contributed by atoms with Gasteiger partial charge in [-0.2, -0.15) is 0 Å². The molecule has 2 saturated heterocycles. The van der Waals surface area contributed by atoms with Gasteiger partial charge < -0.3 is 28.4 Å². The summed E-state index contributed by atoms with van der Waals surface area (Å²) in [6.45, 7) is 4.98. The average Bonchev–Trinajstić information content (AvgIpc) is 3.28. The first kappa shape index (κ1) is 24.4. The maximum Gasteiger partial charge on any atom is 0.190 e. The quantitative estimate of drug-likeness (QED) is 0.343. The van der Waals surface area contributed by atoms with Crippen LogP contribution in [0.15, 0.2) is 59.1 Å². The molecule has 0 aliphatic carbocycles. The van der Waals surface area contributed by atoms with E-state index in [-0.39, 0.29) is 19.3 Å². The highest BCUT2D eigenvalue weighted by Gasteiger charge is 2.57. The van der Waals surface area contributed by atoms with Crippen molar-refractivity contribution in [2.24, 2.45) is 0 Å². The van der Waals surface area contributed by atoms with E-state index in [4.69, 9.17) is 34.8 Å².